The van der Waals surface area contributed by atoms with Crippen LogP contribution in [0.3, 0.4) is 0 Å². The van der Waals surface area contributed by atoms with Crippen LogP contribution in [0.5, 0.6) is 11.5 Å². The van der Waals surface area contributed by atoms with Crippen molar-refractivity contribution in [3.05, 3.63) is 71.8 Å². The monoisotopic (exact) mass is 609 g/mol. The third-order valence-corrected chi connectivity index (χ3v) is 9.95. The normalized spacial score (nSPS) is 18.8. The number of thiazole rings is 1. The number of piperazine rings is 1. The number of carbonyl (C=O) groups excluding carboxylic acids is 1. The largest absolute Gasteiger partial charge is 0.493 e. The van der Waals surface area contributed by atoms with E-state index >= 15 is 0 Å². The summed E-state index contributed by atoms with van der Waals surface area (Å²) in [5, 5.41) is 1.03. The highest BCUT2D eigenvalue weighted by atomic mass is 32.1. The van der Waals surface area contributed by atoms with Gasteiger partial charge in [0.05, 0.1) is 34.1 Å². The Kier molecular flexibility index (Phi) is 8.59. The van der Waals surface area contributed by atoms with Crippen LogP contribution in [0.15, 0.2) is 65.7 Å². The van der Waals surface area contributed by atoms with Gasteiger partial charge in [-0.3, -0.25) is 14.7 Å². The SMILES string of the molecule is Cc1cc2c(cc1OCCCN1CCN(CCOc3cccc(-c4nc5ccccc5s4)c3)CC1)N=C[C@@H]1CCCN1C2=O. The van der Waals surface area contributed by atoms with Crippen molar-refractivity contribution in [2.24, 2.45) is 4.99 Å². The van der Waals surface area contributed by atoms with E-state index in [0.29, 0.717) is 18.8 Å². The second-order valence-corrected chi connectivity index (χ2v) is 12.9. The van der Waals surface area contributed by atoms with E-state index in [4.69, 9.17) is 14.5 Å². The van der Waals surface area contributed by atoms with Crippen molar-refractivity contribution in [3.8, 4) is 22.1 Å². The van der Waals surface area contributed by atoms with Gasteiger partial charge in [-0.05, 0) is 62.1 Å². The van der Waals surface area contributed by atoms with Gasteiger partial charge in [0.25, 0.3) is 5.91 Å². The Hall–Kier alpha value is -3.79. The molecule has 0 saturated carbocycles. The lowest BCUT2D eigenvalue weighted by atomic mass is 10.1. The Morgan fingerprint density at radius 2 is 1.75 bits per heavy atom. The summed E-state index contributed by atoms with van der Waals surface area (Å²) < 4.78 is 13.5. The van der Waals surface area contributed by atoms with E-state index in [-0.39, 0.29) is 11.9 Å². The molecule has 9 heteroatoms. The van der Waals surface area contributed by atoms with Crippen LogP contribution in [0.1, 0.15) is 35.2 Å². The number of benzene rings is 3. The highest BCUT2D eigenvalue weighted by Crippen LogP contribution is 2.34. The molecule has 1 amide bonds. The molecule has 2 fully saturated rings. The summed E-state index contributed by atoms with van der Waals surface area (Å²) in [6.07, 6.45) is 4.94. The molecule has 2 saturated heterocycles. The average molecular weight is 610 g/mol. The molecule has 3 aromatic carbocycles. The predicted octanol–water partition coefficient (Wildman–Crippen LogP) is 6.06. The molecule has 44 heavy (non-hydrogen) atoms. The van der Waals surface area contributed by atoms with Crippen LogP contribution in [0.4, 0.5) is 5.69 Å². The minimum atomic E-state index is 0.0927. The van der Waals surface area contributed by atoms with Crippen molar-refractivity contribution in [3.63, 3.8) is 0 Å². The molecule has 1 aromatic heterocycles. The average Bonchev–Trinajstić information content (AvgIpc) is 3.68. The topological polar surface area (TPSA) is 70.5 Å². The number of hydrogen-bond donors (Lipinski definition) is 0. The number of fused-ring (bicyclic) bond motifs is 3. The van der Waals surface area contributed by atoms with Crippen LogP contribution in [-0.2, 0) is 0 Å². The molecule has 0 spiro atoms. The summed E-state index contributed by atoms with van der Waals surface area (Å²) in [6.45, 7) is 10.3. The van der Waals surface area contributed by atoms with Crippen LogP contribution in [-0.4, -0.2) is 96.9 Å². The molecular formula is C35H39N5O3S. The molecule has 0 aliphatic carbocycles. The van der Waals surface area contributed by atoms with Gasteiger partial charge in [0, 0.05) is 63.7 Å². The highest BCUT2D eigenvalue weighted by Gasteiger charge is 2.32. The van der Waals surface area contributed by atoms with Gasteiger partial charge in [0.1, 0.15) is 23.1 Å². The lowest BCUT2D eigenvalue weighted by molar-refractivity contribution is 0.0774. The Bertz CT molecular complexity index is 1630. The molecular weight excluding hydrogens is 570 g/mol. The van der Waals surface area contributed by atoms with Gasteiger partial charge >= 0.3 is 0 Å². The van der Waals surface area contributed by atoms with Gasteiger partial charge in [-0.15, -0.1) is 11.3 Å². The second kappa shape index (κ2) is 13.1. The lowest BCUT2D eigenvalue weighted by Crippen LogP contribution is -2.47. The summed E-state index contributed by atoms with van der Waals surface area (Å²) >= 11 is 1.72. The first-order chi connectivity index (χ1) is 21.6. The number of hydrogen-bond acceptors (Lipinski definition) is 8. The maximum Gasteiger partial charge on any atom is 0.256 e. The summed E-state index contributed by atoms with van der Waals surface area (Å²) in [5.41, 5.74) is 4.55. The van der Waals surface area contributed by atoms with E-state index in [2.05, 4.69) is 45.1 Å². The summed E-state index contributed by atoms with van der Waals surface area (Å²) in [4.78, 5) is 29.4. The maximum absolute atomic E-state index is 13.0. The van der Waals surface area contributed by atoms with E-state index in [1.807, 2.05) is 48.4 Å². The minimum Gasteiger partial charge on any atom is -0.493 e. The lowest BCUT2D eigenvalue weighted by Gasteiger charge is -2.34. The Balaban J connectivity index is 0.827. The van der Waals surface area contributed by atoms with Crippen molar-refractivity contribution < 1.29 is 14.3 Å². The van der Waals surface area contributed by atoms with Crippen molar-refractivity contribution in [1.82, 2.24) is 19.7 Å². The predicted molar refractivity (Wildman–Crippen MR) is 177 cm³/mol. The number of ether oxygens (including phenoxy) is 2. The van der Waals surface area contributed by atoms with Crippen molar-refractivity contribution in [2.75, 3.05) is 59.0 Å². The molecule has 0 bridgehead atoms. The Morgan fingerprint density at radius 3 is 2.61 bits per heavy atom. The van der Waals surface area contributed by atoms with Crippen molar-refractivity contribution >= 4 is 39.4 Å². The molecule has 0 N–H and O–H groups in total. The van der Waals surface area contributed by atoms with Gasteiger partial charge < -0.3 is 19.3 Å². The van der Waals surface area contributed by atoms with Gasteiger partial charge in [0.15, 0.2) is 0 Å². The van der Waals surface area contributed by atoms with E-state index in [9.17, 15) is 4.79 Å². The fraction of sp³-hybridized carbons (Fsp3) is 0.400. The molecule has 4 heterocycles. The van der Waals surface area contributed by atoms with E-state index in [1.54, 1.807) is 11.3 Å². The molecule has 8 nitrogen and oxygen atoms in total. The van der Waals surface area contributed by atoms with Crippen LogP contribution < -0.4 is 9.47 Å². The maximum atomic E-state index is 13.0. The summed E-state index contributed by atoms with van der Waals surface area (Å²) in [7, 11) is 0. The molecule has 3 aliphatic heterocycles. The van der Waals surface area contributed by atoms with E-state index in [1.165, 1.54) is 4.70 Å². The smallest absolute Gasteiger partial charge is 0.256 e. The fourth-order valence-electron chi connectivity index (χ4n) is 6.35. The van der Waals surface area contributed by atoms with Gasteiger partial charge in [0.2, 0.25) is 0 Å². The Morgan fingerprint density at radius 1 is 0.909 bits per heavy atom. The number of rotatable bonds is 10. The first-order valence-electron chi connectivity index (χ1n) is 15.8. The fourth-order valence-corrected chi connectivity index (χ4v) is 7.31. The summed E-state index contributed by atoms with van der Waals surface area (Å²) in [6, 6.07) is 20.6. The van der Waals surface area contributed by atoms with Crippen LogP contribution >= 0.6 is 11.3 Å². The van der Waals surface area contributed by atoms with E-state index in [0.717, 1.165) is 104 Å². The highest BCUT2D eigenvalue weighted by molar-refractivity contribution is 7.21. The number of aliphatic imine (C=N–C) groups is 1. The molecule has 0 radical (unpaired) electrons. The third-order valence-electron chi connectivity index (χ3n) is 8.86. The van der Waals surface area contributed by atoms with Crippen LogP contribution in [0.2, 0.25) is 0 Å². The number of nitrogens with zero attached hydrogens (tertiary/aromatic N) is 5. The molecule has 7 rings (SSSR count). The molecule has 0 unspecified atom stereocenters. The molecule has 1 atom stereocenters. The summed E-state index contributed by atoms with van der Waals surface area (Å²) in [5.74, 6) is 1.81. The van der Waals surface area contributed by atoms with Gasteiger partial charge in [-0.2, -0.15) is 0 Å². The number of para-hydroxylation sites is 1. The number of carbonyl (C=O) groups is 1. The third kappa shape index (κ3) is 6.36. The molecule has 228 valence electrons. The van der Waals surface area contributed by atoms with E-state index < -0.39 is 0 Å². The van der Waals surface area contributed by atoms with Crippen LogP contribution in [0, 0.1) is 6.92 Å². The zero-order chi connectivity index (χ0) is 29.9. The first-order valence-corrected chi connectivity index (χ1v) is 16.6. The zero-order valence-electron chi connectivity index (χ0n) is 25.3. The van der Waals surface area contributed by atoms with Crippen molar-refractivity contribution in [2.45, 2.75) is 32.2 Å². The second-order valence-electron chi connectivity index (χ2n) is 11.9. The molecule has 4 aromatic rings. The zero-order valence-corrected chi connectivity index (χ0v) is 26.1. The number of aromatic nitrogens is 1. The van der Waals surface area contributed by atoms with Gasteiger partial charge in [-0.1, -0.05) is 24.3 Å². The first kappa shape index (κ1) is 29.0. The quantitative estimate of drug-likeness (QED) is 0.204. The number of amides is 1. The van der Waals surface area contributed by atoms with Gasteiger partial charge in [-0.25, -0.2) is 4.98 Å². The minimum absolute atomic E-state index is 0.0927. The standard InChI is InChI=1S/C35H39N5O3S/c1-25-21-29-31(36-24-27-8-5-13-40(27)35(29)41)23-32(25)43-19-6-12-38-14-16-39(17-15-38)18-20-42-28-9-4-7-26(22-28)34-37-30-10-2-3-11-33(30)44-34/h2-4,7,9-11,21-24,27H,5-6,8,12-20H2,1H3/t27-/m0/s1. The van der Waals surface area contributed by atoms with Crippen LogP contribution in [0.25, 0.3) is 20.8 Å². The molecule has 3 aliphatic rings. The van der Waals surface area contributed by atoms with Crippen molar-refractivity contribution in [1.29, 1.82) is 0 Å². The Labute approximate surface area is 262 Å². The number of aryl methyl sites for hydroxylation is 1.